The molecule has 1 aliphatic heterocycles. The summed E-state index contributed by atoms with van der Waals surface area (Å²) in [7, 11) is 1.78. The zero-order valence-electron chi connectivity index (χ0n) is 13.4. The third kappa shape index (κ3) is 3.83. The lowest BCUT2D eigenvalue weighted by atomic mass is 10.2. The van der Waals surface area contributed by atoms with Crippen molar-refractivity contribution >= 4 is 34.8 Å². The van der Waals surface area contributed by atoms with Gasteiger partial charge < -0.3 is 15.5 Å². The Hall–Kier alpha value is -2.61. The largest absolute Gasteiger partial charge is 0.337 e. The van der Waals surface area contributed by atoms with Crippen LogP contribution in [-0.4, -0.2) is 48.6 Å². The summed E-state index contributed by atoms with van der Waals surface area (Å²) in [5, 5.41) is 8.50. The SMILES string of the molecule is CN1CCN(c2cccc(NC(=O)NCCc3nccs3)c2)C1=O. The molecule has 3 rings (SSSR count). The van der Waals surface area contributed by atoms with Gasteiger partial charge in [0.2, 0.25) is 0 Å². The molecule has 2 aromatic rings. The molecule has 0 aliphatic carbocycles. The van der Waals surface area contributed by atoms with Crippen molar-refractivity contribution in [3.63, 3.8) is 0 Å². The maximum absolute atomic E-state index is 12.0. The van der Waals surface area contributed by atoms with Crippen molar-refractivity contribution in [2.45, 2.75) is 6.42 Å². The van der Waals surface area contributed by atoms with E-state index in [9.17, 15) is 9.59 Å². The second-order valence-electron chi connectivity index (χ2n) is 5.46. The van der Waals surface area contributed by atoms with E-state index in [1.165, 1.54) is 0 Å². The zero-order valence-corrected chi connectivity index (χ0v) is 14.2. The fourth-order valence-corrected chi connectivity index (χ4v) is 3.09. The van der Waals surface area contributed by atoms with Gasteiger partial charge in [-0.25, -0.2) is 14.6 Å². The molecule has 2 N–H and O–H groups in total. The number of hydrogen-bond acceptors (Lipinski definition) is 4. The highest BCUT2D eigenvalue weighted by Gasteiger charge is 2.26. The van der Waals surface area contributed by atoms with Gasteiger partial charge in [-0.3, -0.25) is 4.90 Å². The summed E-state index contributed by atoms with van der Waals surface area (Å²) in [6.45, 7) is 1.88. The summed E-state index contributed by atoms with van der Waals surface area (Å²) in [5.74, 6) is 0. The van der Waals surface area contributed by atoms with Crippen LogP contribution in [0.4, 0.5) is 21.0 Å². The highest BCUT2D eigenvalue weighted by Crippen LogP contribution is 2.22. The Morgan fingerprint density at radius 1 is 1.38 bits per heavy atom. The number of thiazole rings is 1. The first-order valence-electron chi connectivity index (χ1n) is 7.69. The van der Waals surface area contributed by atoms with E-state index in [1.54, 1.807) is 46.5 Å². The van der Waals surface area contributed by atoms with E-state index >= 15 is 0 Å². The van der Waals surface area contributed by atoms with Crippen molar-refractivity contribution in [3.05, 3.63) is 40.8 Å². The van der Waals surface area contributed by atoms with Crippen LogP contribution in [-0.2, 0) is 6.42 Å². The average Bonchev–Trinajstić information content (AvgIpc) is 3.19. The number of carbonyl (C=O) groups excluding carboxylic acids is 2. The lowest BCUT2D eigenvalue weighted by Crippen LogP contribution is -2.31. The Kier molecular flexibility index (Phi) is 4.95. The van der Waals surface area contributed by atoms with Crippen molar-refractivity contribution in [1.29, 1.82) is 0 Å². The summed E-state index contributed by atoms with van der Waals surface area (Å²) >= 11 is 1.57. The lowest BCUT2D eigenvalue weighted by molar-refractivity contribution is 0.229. The molecule has 0 saturated carbocycles. The van der Waals surface area contributed by atoms with Crippen molar-refractivity contribution < 1.29 is 9.59 Å². The number of rotatable bonds is 5. The molecule has 0 radical (unpaired) electrons. The first kappa shape index (κ1) is 16.3. The Balaban J connectivity index is 1.54. The van der Waals surface area contributed by atoms with Crippen LogP contribution in [0.3, 0.4) is 0 Å². The number of nitrogens with one attached hydrogen (secondary N) is 2. The molecule has 1 aliphatic rings. The van der Waals surface area contributed by atoms with Gasteiger partial charge in [-0.2, -0.15) is 0 Å². The number of hydrogen-bond donors (Lipinski definition) is 2. The molecule has 1 saturated heterocycles. The van der Waals surface area contributed by atoms with Crippen LogP contribution >= 0.6 is 11.3 Å². The predicted molar refractivity (Wildman–Crippen MR) is 94.7 cm³/mol. The highest BCUT2D eigenvalue weighted by molar-refractivity contribution is 7.09. The van der Waals surface area contributed by atoms with Gasteiger partial charge in [-0.1, -0.05) is 6.07 Å². The van der Waals surface area contributed by atoms with Gasteiger partial charge in [0.1, 0.15) is 0 Å². The summed E-state index contributed by atoms with van der Waals surface area (Å²) in [6.07, 6.45) is 2.46. The standard InChI is InChI=1S/C16H19N5O2S/c1-20-8-9-21(16(20)23)13-4-2-3-12(11-13)19-15(22)18-6-5-14-17-7-10-24-14/h2-4,7,10-11H,5-6,8-9H2,1H3,(H2,18,19,22). The molecule has 8 heteroatoms. The minimum absolute atomic E-state index is 0.0277. The number of benzene rings is 1. The molecule has 0 unspecified atom stereocenters. The van der Waals surface area contributed by atoms with Crippen molar-refractivity contribution in [2.24, 2.45) is 0 Å². The summed E-state index contributed by atoms with van der Waals surface area (Å²) in [6, 6.07) is 6.99. The number of likely N-dealkylation sites (N-methyl/N-ethyl adjacent to an activating group) is 1. The molecule has 7 nitrogen and oxygen atoms in total. The molecule has 0 spiro atoms. The fraction of sp³-hybridized carbons (Fsp3) is 0.312. The van der Waals surface area contributed by atoms with E-state index in [4.69, 9.17) is 0 Å². The van der Waals surface area contributed by atoms with E-state index in [0.717, 1.165) is 10.7 Å². The van der Waals surface area contributed by atoms with E-state index in [0.29, 0.717) is 31.7 Å². The number of urea groups is 2. The van der Waals surface area contributed by atoms with Gasteiger partial charge in [0, 0.05) is 56.1 Å². The molecule has 0 atom stereocenters. The zero-order chi connectivity index (χ0) is 16.9. The van der Waals surface area contributed by atoms with Crippen LogP contribution < -0.4 is 15.5 Å². The maximum Gasteiger partial charge on any atom is 0.324 e. The molecule has 1 fully saturated rings. The second kappa shape index (κ2) is 7.31. The molecule has 0 bridgehead atoms. The molecule has 24 heavy (non-hydrogen) atoms. The summed E-state index contributed by atoms with van der Waals surface area (Å²) in [5.41, 5.74) is 1.44. The van der Waals surface area contributed by atoms with Gasteiger partial charge in [0.25, 0.3) is 0 Å². The van der Waals surface area contributed by atoms with Crippen molar-refractivity contribution in [2.75, 3.05) is 36.9 Å². The van der Waals surface area contributed by atoms with Crippen LogP contribution in [0.15, 0.2) is 35.8 Å². The number of anilines is 2. The molecular weight excluding hydrogens is 326 g/mol. The second-order valence-corrected chi connectivity index (χ2v) is 6.44. The Bertz CT molecular complexity index is 719. The Labute approximate surface area is 144 Å². The van der Waals surface area contributed by atoms with Crippen LogP contribution in [0.5, 0.6) is 0 Å². The Morgan fingerprint density at radius 2 is 2.25 bits per heavy atom. The number of carbonyl (C=O) groups is 2. The Morgan fingerprint density at radius 3 is 2.96 bits per heavy atom. The quantitative estimate of drug-likeness (QED) is 0.873. The van der Waals surface area contributed by atoms with Crippen LogP contribution in [0.25, 0.3) is 0 Å². The van der Waals surface area contributed by atoms with E-state index in [2.05, 4.69) is 15.6 Å². The maximum atomic E-state index is 12.0. The first-order chi connectivity index (χ1) is 11.6. The first-order valence-corrected chi connectivity index (χ1v) is 8.57. The van der Waals surface area contributed by atoms with Crippen molar-refractivity contribution in [1.82, 2.24) is 15.2 Å². The average molecular weight is 345 g/mol. The molecular formula is C16H19N5O2S. The summed E-state index contributed by atoms with van der Waals surface area (Å²) < 4.78 is 0. The van der Waals surface area contributed by atoms with Crippen LogP contribution in [0.1, 0.15) is 5.01 Å². The van der Waals surface area contributed by atoms with Crippen molar-refractivity contribution in [3.8, 4) is 0 Å². The normalized spacial score (nSPS) is 14.1. The van der Waals surface area contributed by atoms with E-state index in [-0.39, 0.29) is 12.1 Å². The lowest BCUT2D eigenvalue weighted by Gasteiger charge is -2.17. The van der Waals surface area contributed by atoms with Crippen LogP contribution in [0.2, 0.25) is 0 Å². The molecule has 1 aromatic carbocycles. The molecule has 4 amide bonds. The fourth-order valence-electron chi connectivity index (χ4n) is 2.47. The van der Waals surface area contributed by atoms with E-state index in [1.807, 2.05) is 17.5 Å². The monoisotopic (exact) mass is 345 g/mol. The third-order valence-corrected chi connectivity index (χ3v) is 4.58. The van der Waals surface area contributed by atoms with Gasteiger partial charge in [-0.15, -0.1) is 11.3 Å². The van der Waals surface area contributed by atoms with Crippen LogP contribution in [0, 0.1) is 0 Å². The molecule has 2 heterocycles. The van der Waals surface area contributed by atoms with E-state index < -0.39 is 0 Å². The smallest absolute Gasteiger partial charge is 0.324 e. The topological polar surface area (TPSA) is 77.6 Å². The van der Waals surface area contributed by atoms with Gasteiger partial charge >= 0.3 is 12.1 Å². The number of nitrogens with zero attached hydrogens (tertiary/aromatic N) is 3. The molecule has 126 valence electrons. The molecule has 1 aromatic heterocycles. The van der Waals surface area contributed by atoms with Gasteiger partial charge in [0.15, 0.2) is 0 Å². The third-order valence-electron chi connectivity index (χ3n) is 3.74. The van der Waals surface area contributed by atoms with Gasteiger partial charge in [0.05, 0.1) is 5.01 Å². The highest BCUT2D eigenvalue weighted by atomic mass is 32.1. The minimum Gasteiger partial charge on any atom is -0.337 e. The predicted octanol–water partition coefficient (Wildman–Crippen LogP) is 2.38. The number of aromatic nitrogens is 1. The van der Waals surface area contributed by atoms with Gasteiger partial charge in [-0.05, 0) is 18.2 Å². The summed E-state index contributed by atoms with van der Waals surface area (Å²) in [4.78, 5) is 31.5. The number of amides is 4. The minimum atomic E-state index is -0.270.